The summed E-state index contributed by atoms with van der Waals surface area (Å²) in [6.45, 7) is 2.07. The van der Waals surface area contributed by atoms with E-state index in [4.69, 9.17) is 0 Å². The van der Waals surface area contributed by atoms with Crippen LogP contribution in [0.5, 0.6) is 0 Å². The molecule has 0 aromatic heterocycles. The van der Waals surface area contributed by atoms with Crippen molar-refractivity contribution >= 4 is 10.8 Å². The molecule has 0 aliphatic carbocycles. The minimum Gasteiger partial charge on any atom is -0.206 e. The van der Waals surface area contributed by atoms with Gasteiger partial charge in [-0.25, -0.2) is 17.6 Å². The highest BCUT2D eigenvalue weighted by Crippen LogP contribution is 2.22. The maximum absolute atomic E-state index is 14.2. The fourth-order valence-electron chi connectivity index (χ4n) is 2.95. The molecule has 0 amide bonds. The number of hydrogen-bond donors (Lipinski definition) is 0. The minimum atomic E-state index is -0.928. The number of halogens is 4. The summed E-state index contributed by atoms with van der Waals surface area (Å²) in [5.74, 6) is 1.97. The van der Waals surface area contributed by atoms with Crippen LogP contribution in [0.3, 0.4) is 0 Å². The van der Waals surface area contributed by atoms with Gasteiger partial charge in [-0.3, -0.25) is 0 Å². The van der Waals surface area contributed by atoms with Gasteiger partial charge >= 0.3 is 0 Å². The number of hydrogen-bond acceptors (Lipinski definition) is 0. The molecule has 0 saturated heterocycles. The first-order chi connectivity index (χ1) is 13.0. The van der Waals surface area contributed by atoms with E-state index in [2.05, 4.69) is 18.8 Å². The smallest absolute Gasteiger partial charge is 0.166 e. The van der Waals surface area contributed by atoms with Crippen LogP contribution in [0.15, 0.2) is 42.5 Å². The molecule has 0 heterocycles. The van der Waals surface area contributed by atoms with Crippen molar-refractivity contribution in [3.05, 3.63) is 82.4 Å². The molecule has 0 unspecified atom stereocenters. The molecule has 0 spiro atoms. The summed E-state index contributed by atoms with van der Waals surface area (Å²) in [7, 11) is 0. The number of aryl methyl sites for hydroxylation is 1. The van der Waals surface area contributed by atoms with Crippen molar-refractivity contribution < 1.29 is 17.6 Å². The van der Waals surface area contributed by atoms with Gasteiger partial charge in [0.15, 0.2) is 11.6 Å². The highest BCUT2D eigenvalue weighted by atomic mass is 19.2. The van der Waals surface area contributed by atoms with Crippen LogP contribution in [-0.4, -0.2) is 0 Å². The summed E-state index contributed by atoms with van der Waals surface area (Å²) in [6, 6.07) is 9.56. The van der Waals surface area contributed by atoms with E-state index in [9.17, 15) is 17.6 Å². The predicted octanol–water partition coefficient (Wildman–Crippen LogP) is 6.53. The third-order valence-electron chi connectivity index (χ3n) is 4.41. The van der Waals surface area contributed by atoms with Gasteiger partial charge in [-0.2, -0.15) is 0 Å². The number of benzene rings is 3. The van der Waals surface area contributed by atoms with Crippen molar-refractivity contribution in [3.8, 4) is 11.8 Å². The molecule has 0 saturated carbocycles. The summed E-state index contributed by atoms with van der Waals surface area (Å²) in [6.07, 6.45) is 3.56. The van der Waals surface area contributed by atoms with Gasteiger partial charge in [-0.05, 0) is 54.1 Å². The quantitative estimate of drug-likeness (QED) is 0.278. The Hall–Kier alpha value is -2.80. The Labute approximate surface area is 155 Å². The lowest BCUT2D eigenvalue weighted by molar-refractivity contribution is 0.517. The van der Waals surface area contributed by atoms with Crippen molar-refractivity contribution in [1.82, 2.24) is 0 Å². The molecular weight excluding hydrogens is 352 g/mol. The van der Waals surface area contributed by atoms with Crippen LogP contribution >= 0.6 is 0 Å². The van der Waals surface area contributed by atoms with E-state index in [-0.39, 0.29) is 10.9 Å². The van der Waals surface area contributed by atoms with Crippen molar-refractivity contribution in [1.29, 1.82) is 0 Å². The summed E-state index contributed by atoms with van der Waals surface area (Å²) < 4.78 is 55.5. The van der Waals surface area contributed by atoms with Crippen LogP contribution in [0.1, 0.15) is 42.9 Å². The summed E-state index contributed by atoms with van der Waals surface area (Å²) in [5.41, 5.74) is 0.783. The first-order valence-corrected chi connectivity index (χ1v) is 8.87. The second-order valence-electron chi connectivity index (χ2n) is 6.44. The Morgan fingerprint density at radius 2 is 1.52 bits per heavy atom. The third kappa shape index (κ3) is 4.31. The first kappa shape index (κ1) is 19.0. The van der Waals surface area contributed by atoms with Crippen LogP contribution in [0.25, 0.3) is 10.8 Å². The second kappa shape index (κ2) is 8.26. The Bertz CT molecular complexity index is 1020. The molecule has 138 valence electrons. The average molecular weight is 370 g/mol. The van der Waals surface area contributed by atoms with E-state index >= 15 is 0 Å². The van der Waals surface area contributed by atoms with Crippen molar-refractivity contribution in [2.75, 3.05) is 0 Å². The zero-order chi connectivity index (χ0) is 19.4. The molecule has 0 bridgehead atoms. The molecule has 0 aliphatic heterocycles. The topological polar surface area (TPSA) is 0 Å². The molecule has 3 aromatic rings. The molecule has 3 rings (SSSR count). The Balaban J connectivity index is 1.89. The second-order valence-corrected chi connectivity index (χ2v) is 6.44. The molecule has 0 radical (unpaired) electrons. The van der Waals surface area contributed by atoms with Gasteiger partial charge in [0.2, 0.25) is 0 Å². The highest BCUT2D eigenvalue weighted by Gasteiger charge is 2.10. The molecule has 0 aliphatic rings. The largest absolute Gasteiger partial charge is 0.206 e. The van der Waals surface area contributed by atoms with Gasteiger partial charge in [0, 0.05) is 10.9 Å². The Morgan fingerprint density at radius 3 is 2.22 bits per heavy atom. The third-order valence-corrected chi connectivity index (χ3v) is 4.41. The zero-order valence-electron chi connectivity index (χ0n) is 14.9. The lowest BCUT2D eigenvalue weighted by atomic mass is 10.0. The van der Waals surface area contributed by atoms with Gasteiger partial charge in [0.1, 0.15) is 11.6 Å². The van der Waals surface area contributed by atoms with E-state index in [1.54, 1.807) is 6.07 Å². The molecule has 27 heavy (non-hydrogen) atoms. The van der Waals surface area contributed by atoms with Gasteiger partial charge in [0.25, 0.3) is 0 Å². The molecule has 3 aromatic carbocycles. The average Bonchev–Trinajstić information content (AvgIpc) is 2.64. The maximum atomic E-state index is 14.2. The molecule has 0 N–H and O–H groups in total. The number of unbranched alkanes of at least 4 members (excludes halogenated alkanes) is 2. The van der Waals surface area contributed by atoms with Gasteiger partial charge in [-0.1, -0.05) is 43.7 Å². The highest BCUT2D eigenvalue weighted by molar-refractivity contribution is 5.84. The fraction of sp³-hybridized carbons (Fsp3) is 0.217. The van der Waals surface area contributed by atoms with Crippen LogP contribution < -0.4 is 0 Å². The minimum absolute atomic E-state index is 0.134. The first-order valence-electron chi connectivity index (χ1n) is 8.87. The summed E-state index contributed by atoms with van der Waals surface area (Å²) in [4.78, 5) is 0. The van der Waals surface area contributed by atoms with E-state index < -0.39 is 23.3 Å². The number of rotatable bonds is 4. The van der Waals surface area contributed by atoms with Gasteiger partial charge in [-0.15, -0.1) is 0 Å². The van der Waals surface area contributed by atoms with Crippen LogP contribution in [0, 0.1) is 35.1 Å². The van der Waals surface area contributed by atoms with Crippen molar-refractivity contribution in [2.24, 2.45) is 0 Å². The zero-order valence-corrected chi connectivity index (χ0v) is 14.9. The summed E-state index contributed by atoms with van der Waals surface area (Å²) >= 11 is 0. The molecule has 4 heteroatoms. The van der Waals surface area contributed by atoms with Gasteiger partial charge < -0.3 is 0 Å². The lowest BCUT2D eigenvalue weighted by Crippen LogP contribution is -1.95. The van der Waals surface area contributed by atoms with Crippen molar-refractivity contribution in [3.63, 3.8) is 0 Å². The normalized spacial score (nSPS) is 10.7. The van der Waals surface area contributed by atoms with E-state index in [1.165, 1.54) is 30.3 Å². The van der Waals surface area contributed by atoms with Crippen LogP contribution in [0.2, 0.25) is 0 Å². The predicted molar refractivity (Wildman–Crippen MR) is 99.4 cm³/mol. The molecule has 0 atom stereocenters. The molecule has 0 nitrogen and oxygen atoms in total. The SMILES string of the molecule is CCCCCc1cc(F)c(C#Cc2ccc3c(F)c(F)ccc3c2)c(F)c1. The molecule has 0 fully saturated rings. The van der Waals surface area contributed by atoms with E-state index in [0.717, 1.165) is 25.3 Å². The Morgan fingerprint density at radius 1 is 0.778 bits per heavy atom. The standard InChI is InChI=1S/C23H18F4/c1-2-3-4-5-16-13-21(25)19(22(26)14-16)10-7-15-6-9-18-17(12-15)8-11-20(24)23(18)27/h6,8-9,11-14H,2-5H2,1H3. The van der Waals surface area contributed by atoms with Gasteiger partial charge in [0.05, 0.1) is 5.56 Å². The fourth-order valence-corrected chi connectivity index (χ4v) is 2.95. The molecular formula is C23H18F4. The Kier molecular flexibility index (Phi) is 5.81. The van der Waals surface area contributed by atoms with Crippen molar-refractivity contribution in [2.45, 2.75) is 32.6 Å². The number of fused-ring (bicyclic) bond motifs is 1. The summed E-state index contributed by atoms with van der Waals surface area (Å²) in [5, 5.41) is 0.599. The van der Waals surface area contributed by atoms with E-state index in [0.29, 0.717) is 22.9 Å². The van der Waals surface area contributed by atoms with E-state index in [1.807, 2.05) is 0 Å². The lowest BCUT2D eigenvalue weighted by Gasteiger charge is -2.04. The van der Waals surface area contributed by atoms with Crippen LogP contribution in [0.4, 0.5) is 17.6 Å². The monoisotopic (exact) mass is 370 g/mol. The van der Waals surface area contributed by atoms with Crippen LogP contribution in [-0.2, 0) is 6.42 Å². The maximum Gasteiger partial charge on any atom is 0.166 e.